The van der Waals surface area contributed by atoms with E-state index in [0.29, 0.717) is 0 Å². The molecule has 0 aliphatic carbocycles. The molecule has 0 rings (SSSR count). The number of carboxylic acids is 1. The van der Waals surface area contributed by atoms with E-state index < -0.39 is 5.97 Å². The molecule has 0 aromatic rings. The molecule has 0 unspecified atom stereocenters. The molecule has 0 aliphatic rings. The Bertz CT molecular complexity index is 284. The van der Waals surface area contributed by atoms with Gasteiger partial charge < -0.3 is 10.2 Å². The van der Waals surface area contributed by atoms with Crippen molar-refractivity contribution in [2.24, 2.45) is 0 Å². The maximum absolute atomic E-state index is 10.4. The van der Waals surface area contributed by atoms with Crippen LogP contribution < -0.4 is 0 Å². The van der Waals surface area contributed by atoms with Gasteiger partial charge in [-0.2, -0.15) is 0 Å². The fourth-order valence-electron chi connectivity index (χ4n) is 2.59. The van der Waals surface area contributed by atoms with Crippen LogP contribution in [0, 0.1) is 0 Å². The van der Waals surface area contributed by atoms with Crippen LogP contribution >= 0.6 is 0 Å². The van der Waals surface area contributed by atoms with Gasteiger partial charge in [0.2, 0.25) is 0 Å². The van der Waals surface area contributed by atoms with Gasteiger partial charge >= 0.3 is 5.97 Å². The van der Waals surface area contributed by atoms with Crippen LogP contribution in [-0.2, 0) is 4.79 Å². The second-order valence-electron chi connectivity index (χ2n) is 6.27. The number of allylic oxidation sites excluding steroid dienone is 2. The van der Waals surface area contributed by atoms with Crippen LogP contribution in [0.25, 0.3) is 0 Å². The number of rotatable bonds is 16. The first-order chi connectivity index (χ1) is 10.7. The molecule has 0 saturated heterocycles. The van der Waals surface area contributed by atoms with E-state index in [4.69, 9.17) is 5.11 Å². The van der Waals surface area contributed by atoms with Crippen molar-refractivity contribution in [3.05, 3.63) is 11.8 Å². The predicted molar refractivity (Wildman–Crippen MR) is 93.3 cm³/mol. The topological polar surface area (TPSA) is 57.5 Å². The van der Waals surface area contributed by atoms with Gasteiger partial charge in [0.1, 0.15) is 0 Å². The lowest BCUT2D eigenvalue weighted by Crippen LogP contribution is -1.95. The second-order valence-corrected chi connectivity index (χ2v) is 6.27. The quantitative estimate of drug-likeness (QED) is 0.256. The Kier molecular flexibility index (Phi) is 15.6. The Morgan fingerprint density at radius 3 is 1.64 bits per heavy atom. The molecular formula is C19H36O3. The standard InChI is InChI=1S/C19H36O3/c1-2-3-4-5-6-7-8-9-10-11-12-13-14-15-18(20)16-17-19(21)22/h15,20H,2-14,16-17H2,1H3,(H,21,22). The molecule has 0 aromatic heterocycles. The Hall–Kier alpha value is -0.990. The third-order valence-corrected chi connectivity index (χ3v) is 4.03. The van der Waals surface area contributed by atoms with E-state index >= 15 is 0 Å². The number of carboxylic acid groups (broad SMARTS) is 1. The molecule has 3 heteroatoms. The highest BCUT2D eigenvalue weighted by atomic mass is 16.4. The second kappa shape index (κ2) is 16.4. The fraction of sp³-hybridized carbons (Fsp3) is 0.842. The van der Waals surface area contributed by atoms with Gasteiger partial charge in [0.15, 0.2) is 0 Å². The van der Waals surface area contributed by atoms with Crippen molar-refractivity contribution in [3.8, 4) is 0 Å². The zero-order valence-corrected chi connectivity index (χ0v) is 14.5. The lowest BCUT2D eigenvalue weighted by molar-refractivity contribution is -0.137. The van der Waals surface area contributed by atoms with E-state index in [9.17, 15) is 9.90 Å². The summed E-state index contributed by atoms with van der Waals surface area (Å²) >= 11 is 0. The lowest BCUT2D eigenvalue weighted by Gasteiger charge is -2.02. The summed E-state index contributed by atoms with van der Waals surface area (Å²) in [5.74, 6) is -0.629. The lowest BCUT2D eigenvalue weighted by atomic mass is 10.0. The minimum atomic E-state index is -0.856. The average Bonchev–Trinajstić information content (AvgIpc) is 2.49. The van der Waals surface area contributed by atoms with Crippen molar-refractivity contribution in [2.75, 3.05) is 0 Å². The van der Waals surface area contributed by atoms with Crippen LogP contribution in [0.15, 0.2) is 11.8 Å². The molecule has 0 aliphatic heterocycles. The third-order valence-electron chi connectivity index (χ3n) is 4.03. The summed E-state index contributed by atoms with van der Waals surface area (Å²) in [4.78, 5) is 10.4. The molecule has 0 amide bonds. The maximum atomic E-state index is 10.4. The van der Waals surface area contributed by atoms with Crippen LogP contribution in [0.4, 0.5) is 0 Å². The minimum Gasteiger partial charge on any atom is -0.513 e. The molecule has 0 atom stereocenters. The molecule has 130 valence electrons. The Morgan fingerprint density at radius 1 is 0.727 bits per heavy atom. The van der Waals surface area contributed by atoms with Gasteiger partial charge in [-0.05, 0) is 18.9 Å². The largest absolute Gasteiger partial charge is 0.513 e. The summed E-state index contributed by atoms with van der Waals surface area (Å²) in [6, 6.07) is 0. The average molecular weight is 312 g/mol. The zero-order chi connectivity index (χ0) is 16.5. The van der Waals surface area contributed by atoms with E-state index in [1.807, 2.05) is 0 Å². The summed E-state index contributed by atoms with van der Waals surface area (Å²) in [5.41, 5.74) is 0. The molecule has 0 heterocycles. The van der Waals surface area contributed by atoms with Gasteiger partial charge in [0.25, 0.3) is 0 Å². The highest BCUT2D eigenvalue weighted by molar-refractivity contribution is 5.66. The van der Waals surface area contributed by atoms with E-state index in [2.05, 4.69) is 6.92 Å². The number of aliphatic hydroxyl groups is 1. The zero-order valence-electron chi connectivity index (χ0n) is 14.5. The van der Waals surface area contributed by atoms with E-state index in [1.54, 1.807) is 6.08 Å². The normalized spacial score (nSPS) is 11.8. The first-order valence-corrected chi connectivity index (χ1v) is 9.26. The maximum Gasteiger partial charge on any atom is 0.303 e. The molecule has 3 nitrogen and oxygen atoms in total. The van der Waals surface area contributed by atoms with Gasteiger partial charge in [-0.3, -0.25) is 4.79 Å². The number of aliphatic hydroxyl groups excluding tert-OH is 1. The highest BCUT2D eigenvalue weighted by Gasteiger charge is 1.99. The predicted octanol–water partition coefficient (Wildman–Crippen LogP) is 6.38. The first-order valence-electron chi connectivity index (χ1n) is 9.26. The first kappa shape index (κ1) is 21.0. The van der Waals surface area contributed by atoms with E-state index in [0.717, 1.165) is 12.8 Å². The van der Waals surface area contributed by atoms with E-state index in [1.165, 1.54) is 70.6 Å². The van der Waals surface area contributed by atoms with Gasteiger partial charge in [0, 0.05) is 6.42 Å². The minimum absolute atomic E-state index is 0.0147. The molecule has 0 fully saturated rings. The van der Waals surface area contributed by atoms with Gasteiger partial charge in [-0.15, -0.1) is 0 Å². The molecule has 0 bridgehead atoms. The van der Waals surface area contributed by atoms with Gasteiger partial charge in [0.05, 0.1) is 12.2 Å². The van der Waals surface area contributed by atoms with Crippen molar-refractivity contribution >= 4 is 5.97 Å². The van der Waals surface area contributed by atoms with Crippen LogP contribution in [0.1, 0.15) is 103 Å². The summed E-state index contributed by atoms with van der Waals surface area (Å²) in [6.07, 6.45) is 18.9. The number of unbranched alkanes of at least 4 members (excludes halogenated alkanes) is 12. The molecule has 22 heavy (non-hydrogen) atoms. The summed E-state index contributed by atoms with van der Waals surface area (Å²) in [5, 5.41) is 18.0. The molecule has 0 spiro atoms. The molecule has 2 N–H and O–H groups in total. The summed E-state index contributed by atoms with van der Waals surface area (Å²) < 4.78 is 0. The Balaban J connectivity index is 3.20. The van der Waals surface area contributed by atoms with Crippen molar-refractivity contribution in [2.45, 2.75) is 103 Å². The van der Waals surface area contributed by atoms with Crippen molar-refractivity contribution in [1.29, 1.82) is 0 Å². The third kappa shape index (κ3) is 17.1. The molecule has 0 radical (unpaired) electrons. The number of hydrogen-bond acceptors (Lipinski definition) is 2. The number of carbonyl (C=O) groups is 1. The smallest absolute Gasteiger partial charge is 0.303 e. The monoisotopic (exact) mass is 312 g/mol. The van der Waals surface area contributed by atoms with Crippen molar-refractivity contribution < 1.29 is 15.0 Å². The fourth-order valence-corrected chi connectivity index (χ4v) is 2.59. The van der Waals surface area contributed by atoms with Crippen LogP contribution in [0.3, 0.4) is 0 Å². The Morgan fingerprint density at radius 2 is 1.18 bits per heavy atom. The summed E-state index contributed by atoms with van der Waals surface area (Å²) in [6.45, 7) is 2.26. The van der Waals surface area contributed by atoms with Crippen LogP contribution in [0.5, 0.6) is 0 Å². The van der Waals surface area contributed by atoms with Crippen molar-refractivity contribution in [3.63, 3.8) is 0 Å². The molecule has 0 aromatic carbocycles. The van der Waals surface area contributed by atoms with Gasteiger partial charge in [-0.1, -0.05) is 77.6 Å². The number of hydrogen-bond donors (Lipinski definition) is 2. The van der Waals surface area contributed by atoms with Crippen LogP contribution in [0.2, 0.25) is 0 Å². The summed E-state index contributed by atoms with van der Waals surface area (Å²) in [7, 11) is 0. The van der Waals surface area contributed by atoms with Gasteiger partial charge in [-0.25, -0.2) is 0 Å². The highest BCUT2D eigenvalue weighted by Crippen LogP contribution is 2.13. The number of aliphatic carboxylic acids is 1. The van der Waals surface area contributed by atoms with Crippen molar-refractivity contribution in [1.82, 2.24) is 0 Å². The molecular weight excluding hydrogens is 276 g/mol. The SMILES string of the molecule is CCCCCCCCCCCCCCC=C(O)CCC(=O)O. The van der Waals surface area contributed by atoms with Crippen LogP contribution in [-0.4, -0.2) is 16.2 Å². The Labute approximate surface area is 136 Å². The molecule has 0 saturated carbocycles. The van der Waals surface area contributed by atoms with E-state index in [-0.39, 0.29) is 18.6 Å².